The molecule has 0 N–H and O–H groups in total. The average Bonchev–Trinajstić information content (AvgIpc) is 2.28. The van der Waals surface area contributed by atoms with Gasteiger partial charge < -0.3 is 0 Å². The van der Waals surface area contributed by atoms with Crippen LogP contribution in [0.4, 0.5) is 0 Å². The number of nitrogens with zero attached hydrogens (tertiary/aromatic N) is 2. The highest BCUT2D eigenvalue weighted by Gasteiger charge is 2.11. The highest BCUT2D eigenvalue weighted by atomic mass is 35.5. The van der Waals surface area contributed by atoms with Crippen molar-refractivity contribution in [3.05, 3.63) is 45.7 Å². The Labute approximate surface area is 115 Å². The van der Waals surface area contributed by atoms with Gasteiger partial charge in [0.2, 0.25) is 0 Å². The first-order valence-electron chi connectivity index (χ1n) is 5.59. The molecule has 0 unspecified atom stereocenters. The summed E-state index contributed by atoms with van der Waals surface area (Å²) in [5.74, 6) is 0. The monoisotopic (exact) mass is 276 g/mol. The SMILES string of the molecule is Cc1cc(Cl)c2c(ccc3nc(C)cc(Cl)c32)n1. The third kappa shape index (κ3) is 1.73. The van der Waals surface area contributed by atoms with E-state index in [1.54, 1.807) is 0 Å². The molecule has 4 heteroatoms. The van der Waals surface area contributed by atoms with Gasteiger partial charge in [-0.15, -0.1) is 0 Å². The topological polar surface area (TPSA) is 25.8 Å². The first kappa shape index (κ1) is 11.7. The summed E-state index contributed by atoms with van der Waals surface area (Å²) in [6, 6.07) is 7.55. The molecule has 0 bridgehead atoms. The van der Waals surface area contributed by atoms with Gasteiger partial charge in [0.15, 0.2) is 0 Å². The Balaban J connectivity index is 2.61. The van der Waals surface area contributed by atoms with Crippen LogP contribution in [0.3, 0.4) is 0 Å². The first-order valence-corrected chi connectivity index (χ1v) is 6.34. The standard InChI is InChI=1S/C14H10Cl2N2/c1-7-5-9(15)13-11(17-7)3-4-12-14(13)10(16)6-8(2)18-12/h3-6H,1-2H3. The summed E-state index contributed by atoms with van der Waals surface area (Å²) < 4.78 is 0. The van der Waals surface area contributed by atoms with E-state index in [9.17, 15) is 0 Å². The Morgan fingerprint density at radius 3 is 1.56 bits per heavy atom. The lowest BCUT2D eigenvalue weighted by Gasteiger charge is -2.08. The fourth-order valence-electron chi connectivity index (χ4n) is 2.21. The average molecular weight is 277 g/mol. The normalized spacial score (nSPS) is 11.3. The summed E-state index contributed by atoms with van der Waals surface area (Å²) in [5, 5.41) is 3.07. The zero-order valence-electron chi connectivity index (χ0n) is 9.96. The molecule has 3 rings (SSSR count). The Kier molecular flexibility index (Phi) is 2.65. The minimum absolute atomic E-state index is 0.663. The van der Waals surface area contributed by atoms with Crippen molar-refractivity contribution in [3.63, 3.8) is 0 Å². The van der Waals surface area contributed by atoms with Gasteiger partial charge in [-0.25, -0.2) is 0 Å². The number of aryl methyl sites for hydroxylation is 2. The van der Waals surface area contributed by atoms with Crippen molar-refractivity contribution in [2.45, 2.75) is 13.8 Å². The van der Waals surface area contributed by atoms with Gasteiger partial charge in [0.1, 0.15) is 0 Å². The van der Waals surface area contributed by atoms with Crippen LogP contribution in [0.1, 0.15) is 11.4 Å². The highest BCUT2D eigenvalue weighted by molar-refractivity contribution is 6.42. The van der Waals surface area contributed by atoms with E-state index >= 15 is 0 Å². The molecular formula is C14H10Cl2N2. The van der Waals surface area contributed by atoms with Crippen molar-refractivity contribution >= 4 is 45.0 Å². The van der Waals surface area contributed by atoms with E-state index in [0.29, 0.717) is 10.0 Å². The number of hydrogen-bond donors (Lipinski definition) is 0. The van der Waals surface area contributed by atoms with Gasteiger partial charge in [0, 0.05) is 22.2 Å². The van der Waals surface area contributed by atoms with Crippen molar-refractivity contribution in [1.29, 1.82) is 0 Å². The second-order valence-corrected chi connectivity index (χ2v) is 5.16. The maximum atomic E-state index is 6.33. The number of halogens is 2. The molecule has 0 fully saturated rings. The van der Waals surface area contributed by atoms with E-state index in [4.69, 9.17) is 23.2 Å². The zero-order chi connectivity index (χ0) is 12.9. The van der Waals surface area contributed by atoms with Crippen molar-refractivity contribution in [2.75, 3.05) is 0 Å². The van der Waals surface area contributed by atoms with Crippen LogP contribution in [0.5, 0.6) is 0 Å². The summed E-state index contributed by atoms with van der Waals surface area (Å²) >= 11 is 12.7. The molecule has 1 aromatic carbocycles. The zero-order valence-corrected chi connectivity index (χ0v) is 11.5. The minimum atomic E-state index is 0.663. The Morgan fingerprint density at radius 1 is 0.778 bits per heavy atom. The second-order valence-electron chi connectivity index (χ2n) is 4.34. The lowest BCUT2D eigenvalue weighted by molar-refractivity contribution is 1.24. The number of fused-ring (bicyclic) bond motifs is 3. The third-order valence-corrected chi connectivity index (χ3v) is 3.50. The summed E-state index contributed by atoms with van der Waals surface area (Å²) in [5.41, 5.74) is 3.48. The molecule has 0 radical (unpaired) electrons. The van der Waals surface area contributed by atoms with Crippen molar-refractivity contribution in [3.8, 4) is 0 Å². The molecule has 0 aliphatic rings. The fraction of sp³-hybridized carbons (Fsp3) is 0.143. The Hall–Kier alpha value is -1.38. The molecule has 0 amide bonds. The number of aromatic nitrogens is 2. The maximum absolute atomic E-state index is 6.33. The molecule has 0 aliphatic heterocycles. The summed E-state index contributed by atoms with van der Waals surface area (Å²) in [6.07, 6.45) is 0. The van der Waals surface area contributed by atoms with Gasteiger partial charge in [-0.1, -0.05) is 23.2 Å². The van der Waals surface area contributed by atoms with Gasteiger partial charge in [0.25, 0.3) is 0 Å². The van der Waals surface area contributed by atoms with Crippen LogP contribution < -0.4 is 0 Å². The highest BCUT2D eigenvalue weighted by Crippen LogP contribution is 2.34. The van der Waals surface area contributed by atoms with E-state index in [1.807, 2.05) is 38.1 Å². The fourth-order valence-corrected chi connectivity index (χ4v) is 2.90. The van der Waals surface area contributed by atoms with Crippen LogP contribution in [-0.2, 0) is 0 Å². The predicted molar refractivity (Wildman–Crippen MR) is 76.5 cm³/mol. The van der Waals surface area contributed by atoms with Crippen LogP contribution in [0.25, 0.3) is 21.8 Å². The van der Waals surface area contributed by atoms with Crippen molar-refractivity contribution < 1.29 is 0 Å². The van der Waals surface area contributed by atoms with Gasteiger partial charge in [0.05, 0.1) is 21.1 Å². The summed E-state index contributed by atoms with van der Waals surface area (Å²) in [6.45, 7) is 3.84. The number of benzene rings is 1. The lowest BCUT2D eigenvalue weighted by atomic mass is 10.1. The Morgan fingerprint density at radius 2 is 1.17 bits per heavy atom. The Bertz CT molecular complexity index is 715. The van der Waals surface area contributed by atoms with Crippen LogP contribution in [0.15, 0.2) is 24.3 Å². The number of pyridine rings is 2. The molecule has 2 aromatic heterocycles. The van der Waals surface area contributed by atoms with Gasteiger partial charge in [-0.3, -0.25) is 9.97 Å². The summed E-state index contributed by atoms with van der Waals surface area (Å²) in [7, 11) is 0. The molecule has 0 spiro atoms. The van der Waals surface area contributed by atoms with E-state index in [1.165, 1.54) is 0 Å². The molecule has 0 atom stereocenters. The van der Waals surface area contributed by atoms with E-state index in [2.05, 4.69) is 9.97 Å². The second kappa shape index (κ2) is 4.08. The first-order chi connectivity index (χ1) is 8.56. The summed E-state index contributed by atoms with van der Waals surface area (Å²) in [4.78, 5) is 8.96. The van der Waals surface area contributed by atoms with Gasteiger partial charge in [-0.2, -0.15) is 0 Å². The molecule has 0 saturated carbocycles. The predicted octanol–water partition coefficient (Wildman–Crippen LogP) is 4.71. The minimum Gasteiger partial charge on any atom is -0.253 e. The van der Waals surface area contributed by atoms with E-state index in [0.717, 1.165) is 33.2 Å². The smallest absolute Gasteiger partial charge is 0.0728 e. The van der Waals surface area contributed by atoms with Crippen LogP contribution >= 0.6 is 23.2 Å². The molecular weight excluding hydrogens is 267 g/mol. The molecule has 0 aliphatic carbocycles. The van der Waals surface area contributed by atoms with Crippen LogP contribution in [-0.4, -0.2) is 9.97 Å². The molecule has 2 nitrogen and oxygen atoms in total. The maximum Gasteiger partial charge on any atom is 0.0728 e. The molecule has 3 aromatic rings. The number of rotatable bonds is 0. The lowest BCUT2D eigenvalue weighted by Crippen LogP contribution is -1.90. The van der Waals surface area contributed by atoms with E-state index in [-0.39, 0.29) is 0 Å². The van der Waals surface area contributed by atoms with Crippen LogP contribution in [0.2, 0.25) is 10.0 Å². The largest absolute Gasteiger partial charge is 0.253 e. The van der Waals surface area contributed by atoms with Gasteiger partial charge in [-0.05, 0) is 38.1 Å². The molecule has 0 saturated heterocycles. The number of hydrogen-bond acceptors (Lipinski definition) is 2. The van der Waals surface area contributed by atoms with Crippen LogP contribution in [0, 0.1) is 13.8 Å². The quantitative estimate of drug-likeness (QED) is 0.556. The van der Waals surface area contributed by atoms with Crippen molar-refractivity contribution in [2.24, 2.45) is 0 Å². The molecule has 90 valence electrons. The van der Waals surface area contributed by atoms with Crippen molar-refractivity contribution in [1.82, 2.24) is 9.97 Å². The molecule has 2 heterocycles. The van der Waals surface area contributed by atoms with Gasteiger partial charge >= 0.3 is 0 Å². The third-order valence-electron chi connectivity index (χ3n) is 2.90. The molecule has 18 heavy (non-hydrogen) atoms. The van der Waals surface area contributed by atoms with E-state index < -0.39 is 0 Å².